The molecular weight excluding hydrogens is 476 g/mol. The molecule has 36 heavy (non-hydrogen) atoms. The number of phenols is 1. The molecule has 9 heteroatoms. The lowest BCUT2D eigenvalue weighted by molar-refractivity contribution is 0.101. The number of Topliss-reactive ketones (excluding diaryl/α,β-unsaturated/α-hetero) is 1. The Morgan fingerprint density at radius 3 is 2.53 bits per heavy atom. The van der Waals surface area contributed by atoms with Gasteiger partial charge in [-0.1, -0.05) is 53.8 Å². The summed E-state index contributed by atoms with van der Waals surface area (Å²) in [5, 5.41) is 38.0. The van der Waals surface area contributed by atoms with Crippen LogP contribution >= 0.6 is 11.3 Å². The number of phenolic OH excluding ortho intramolecular Hbond substituents is 1. The van der Waals surface area contributed by atoms with Crippen molar-refractivity contribution in [2.75, 3.05) is 0 Å². The Hall–Kier alpha value is -4.34. The van der Waals surface area contributed by atoms with Crippen molar-refractivity contribution in [3.63, 3.8) is 0 Å². The minimum absolute atomic E-state index is 0.0934. The zero-order valence-electron chi connectivity index (χ0n) is 19.4. The van der Waals surface area contributed by atoms with Gasteiger partial charge in [0, 0.05) is 10.4 Å². The molecule has 1 heterocycles. The van der Waals surface area contributed by atoms with E-state index in [2.05, 4.69) is 10.3 Å². The number of ether oxygens (including phenoxy) is 1. The number of nitrogens with two attached hydrogens (primary N) is 1. The standard InChI is InChI=1S/C27H24N4O4S/c1-16(32)21-11-12-22(24(26(21)34)23-6-3-13-36-23)35-15-17-7-9-18(10-8-17)25(33)19-4-2-5-20(14-19)27(28)30-31-29/h2-14,25,33-34H,15H2,1H3,(H3,28,29,30). The molecule has 0 saturated carbocycles. The lowest BCUT2D eigenvalue weighted by Gasteiger charge is -2.15. The topological polar surface area (TPSA) is 141 Å². The molecule has 0 aliphatic carbocycles. The second kappa shape index (κ2) is 10.9. The minimum Gasteiger partial charge on any atom is -0.506 e. The van der Waals surface area contributed by atoms with Gasteiger partial charge in [0.25, 0.3) is 0 Å². The smallest absolute Gasteiger partial charge is 0.176 e. The highest BCUT2D eigenvalue weighted by molar-refractivity contribution is 7.13. The highest BCUT2D eigenvalue weighted by Gasteiger charge is 2.19. The summed E-state index contributed by atoms with van der Waals surface area (Å²) < 4.78 is 6.03. The van der Waals surface area contributed by atoms with Crippen molar-refractivity contribution in [2.45, 2.75) is 19.6 Å². The first-order valence-electron chi connectivity index (χ1n) is 11.0. The van der Waals surface area contributed by atoms with Crippen molar-refractivity contribution in [2.24, 2.45) is 16.2 Å². The van der Waals surface area contributed by atoms with E-state index in [1.54, 1.807) is 48.5 Å². The first kappa shape index (κ1) is 24.8. The van der Waals surface area contributed by atoms with Gasteiger partial charge < -0.3 is 20.8 Å². The monoisotopic (exact) mass is 500 g/mol. The summed E-state index contributed by atoms with van der Waals surface area (Å²) in [6.45, 7) is 1.64. The van der Waals surface area contributed by atoms with Crippen LogP contribution in [0.15, 0.2) is 88.5 Å². The van der Waals surface area contributed by atoms with Crippen molar-refractivity contribution in [3.8, 4) is 21.9 Å². The van der Waals surface area contributed by atoms with Crippen molar-refractivity contribution >= 4 is 23.0 Å². The summed E-state index contributed by atoms with van der Waals surface area (Å²) in [6, 6.07) is 21.1. The molecule has 4 rings (SSSR count). The Morgan fingerprint density at radius 2 is 1.86 bits per heavy atom. The van der Waals surface area contributed by atoms with Crippen LogP contribution in [0.2, 0.25) is 0 Å². The lowest BCUT2D eigenvalue weighted by Crippen LogP contribution is -2.03. The van der Waals surface area contributed by atoms with Crippen LogP contribution in [-0.2, 0) is 6.61 Å². The van der Waals surface area contributed by atoms with Gasteiger partial charge in [-0.25, -0.2) is 0 Å². The first-order chi connectivity index (χ1) is 17.4. The van der Waals surface area contributed by atoms with Crippen LogP contribution in [0.4, 0.5) is 0 Å². The van der Waals surface area contributed by atoms with Gasteiger partial charge in [-0.2, -0.15) is 0 Å². The van der Waals surface area contributed by atoms with E-state index in [0.717, 1.165) is 10.4 Å². The molecule has 5 N–H and O–H groups in total. The van der Waals surface area contributed by atoms with Crippen molar-refractivity contribution in [3.05, 3.63) is 106 Å². The molecule has 0 spiro atoms. The number of aliphatic hydroxyl groups is 1. The average Bonchev–Trinajstić information content (AvgIpc) is 3.42. The largest absolute Gasteiger partial charge is 0.506 e. The van der Waals surface area contributed by atoms with E-state index in [9.17, 15) is 15.0 Å². The number of hydrogen-bond acceptors (Lipinski definition) is 7. The number of aliphatic hydroxyl groups excluding tert-OH is 1. The van der Waals surface area contributed by atoms with Crippen molar-refractivity contribution in [1.82, 2.24) is 0 Å². The molecule has 0 radical (unpaired) electrons. The number of thiophene rings is 1. The lowest BCUT2D eigenvalue weighted by atomic mass is 9.98. The number of carbonyl (C=O) groups is 1. The Kier molecular flexibility index (Phi) is 7.53. The van der Waals surface area contributed by atoms with Gasteiger partial charge in [0.1, 0.15) is 24.2 Å². The first-order valence-corrected chi connectivity index (χ1v) is 11.9. The number of amidine groups is 1. The van der Waals surface area contributed by atoms with E-state index in [4.69, 9.17) is 16.0 Å². The van der Waals surface area contributed by atoms with Crippen LogP contribution in [0, 0.1) is 5.41 Å². The Bertz CT molecular complexity index is 1420. The summed E-state index contributed by atoms with van der Waals surface area (Å²) in [5.74, 6) is 5.08. The van der Waals surface area contributed by atoms with Crippen LogP contribution in [0.25, 0.3) is 10.4 Å². The quantitative estimate of drug-likeness (QED) is 0.0619. The minimum atomic E-state index is -0.899. The van der Waals surface area contributed by atoms with Crippen LogP contribution < -0.4 is 10.6 Å². The predicted octanol–water partition coefficient (Wildman–Crippen LogP) is 5.64. The molecule has 0 bridgehead atoms. The number of aromatic hydroxyl groups is 1. The zero-order valence-corrected chi connectivity index (χ0v) is 20.2. The van der Waals surface area contributed by atoms with E-state index in [0.29, 0.717) is 28.0 Å². The van der Waals surface area contributed by atoms with Crippen LogP contribution in [0.1, 0.15) is 45.6 Å². The molecule has 1 unspecified atom stereocenters. The molecule has 0 fully saturated rings. The number of nitrogens with one attached hydrogen (secondary N) is 1. The third-order valence-corrected chi connectivity index (χ3v) is 6.50. The molecule has 0 aliphatic heterocycles. The van der Waals surface area contributed by atoms with Gasteiger partial charge in [0.05, 0.1) is 11.1 Å². The number of nitrogens with zero attached hydrogens (tertiary/aromatic N) is 2. The summed E-state index contributed by atoms with van der Waals surface area (Å²) in [7, 11) is 0. The molecule has 1 aromatic heterocycles. The number of benzene rings is 3. The molecule has 0 saturated heterocycles. The van der Waals surface area contributed by atoms with Crippen LogP contribution in [0.5, 0.6) is 11.5 Å². The Balaban J connectivity index is 1.52. The van der Waals surface area contributed by atoms with Crippen LogP contribution in [-0.4, -0.2) is 21.8 Å². The molecule has 4 aromatic rings. The molecule has 3 aromatic carbocycles. The fourth-order valence-electron chi connectivity index (χ4n) is 3.76. The summed E-state index contributed by atoms with van der Waals surface area (Å²) in [6.07, 6.45) is -0.899. The maximum absolute atomic E-state index is 11.9. The highest BCUT2D eigenvalue weighted by atomic mass is 32.1. The molecule has 0 aliphatic rings. The summed E-state index contributed by atoms with van der Waals surface area (Å²) >= 11 is 1.45. The average molecular weight is 501 g/mol. The van der Waals surface area contributed by atoms with E-state index >= 15 is 0 Å². The zero-order chi connectivity index (χ0) is 25.7. The molecule has 8 nitrogen and oxygen atoms in total. The Morgan fingerprint density at radius 1 is 1.08 bits per heavy atom. The Labute approximate surface area is 211 Å². The summed E-state index contributed by atoms with van der Waals surface area (Å²) in [5.41, 5.74) is 3.36. The highest BCUT2D eigenvalue weighted by Crippen LogP contribution is 2.42. The van der Waals surface area contributed by atoms with Crippen molar-refractivity contribution in [1.29, 1.82) is 5.41 Å². The van der Waals surface area contributed by atoms with Crippen LogP contribution in [0.3, 0.4) is 0 Å². The van der Waals surface area contributed by atoms with Gasteiger partial charge in [-0.05, 0) is 53.3 Å². The number of rotatable bonds is 8. The normalized spacial score (nSPS) is 11.9. The third kappa shape index (κ3) is 5.32. The fraction of sp³-hybridized carbons (Fsp3) is 0.111. The van der Waals surface area contributed by atoms with E-state index in [1.807, 2.05) is 29.6 Å². The number of hydrogen-bond donors (Lipinski definition) is 4. The maximum atomic E-state index is 11.9. The van der Waals surface area contributed by atoms with Gasteiger partial charge >= 0.3 is 0 Å². The predicted molar refractivity (Wildman–Crippen MR) is 139 cm³/mol. The van der Waals surface area contributed by atoms with E-state index < -0.39 is 6.10 Å². The van der Waals surface area contributed by atoms with Gasteiger partial charge in [-0.15, -0.1) is 16.5 Å². The van der Waals surface area contributed by atoms with Gasteiger partial charge in [0.2, 0.25) is 0 Å². The molecule has 0 amide bonds. The third-order valence-electron chi connectivity index (χ3n) is 5.61. The van der Waals surface area contributed by atoms with Gasteiger partial charge in [-0.3, -0.25) is 10.2 Å². The second-order valence-corrected chi connectivity index (χ2v) is 8.94. The van der Waals surface area contributed by atoms with Crippen molar-refractivity contribution < 1.29 is 19.7 Å². The molecule has 1 atom stereocenters. The van der Waals surface area contributed by atoms with E-state index in [-0.39, 0.29) is 29.5 Å². The molecular formula is C27H24N4O4S. The SMILES string of the molecule is CC(=O)c1ccc(OCc2ccc(C(O)c3cccc(C(=N)N=NN)c3)cc2)c(-c2cccs2)c1O. The fourth-order valence-corrected chi connectivity index (χ4v) is 4.53. The van der Waals surface area contributed by atoms with Gasteiger partial charge in [0.15, 0.2) is 11.6 Å². The number of carbonyl (C=O) groups excluding carboxylic acids is 1. The second-order valence-electron chi connectivity index (χ2n) is 7.99. The van der Waals surface area contributed by atoms with E-state index in [1.165, 1.54) is 18.3 Å². The number of ketones is 1. The molecule has 182 valence electrons. The summed E-state index contributed by atoms with van der Waals surface area (Å²) in [4.78, 5) is 12.7. The maximum Gasteiger partial charge on any atom is 0.176 e.